The highest BCUT2D eigenvalue weighted by Crippen LogP contribution is 2.30. The summed E-state index contributed by atoms with van der Waals surface area (Å²) in [6.45, 7) is 1.64. The molecule has 0 radical (unpaired) electrons. The number of rotatable bonds is 2. The number of pyridine rings is 1. The summed E-state index contributed by atoms with van der Waals surface area (Å²) >= 11 is 0. The van der Waals surface area contributed by atoms with Crippen LogP contribution in [0.5, 0.6) is 0 Å². The molecule has 0 aliphatic rings. The zero-order valence-corrected chi connectivity index (χ0v) is 7.80. The molecule has 1 aromatic rings. The zero-order valence-electron chi connectivity index (χ0n) is 7.80. The quantitative estimate of drug-likeness (QED) is 0.830. The normalized spacial score (nSPS) is 11.5. The van der Waals surface area contributed by atoms with Gasteiger partial charge < -0.3 is 5.11 Å². The highest BCUT2D eigenvalue weighted by molar-refractivity contribution is 5.89. The lowest BCUT2D eigenvalue weighted by Crippen LogP contribution is -2.16. The van der Waals surface area contributed by atoms with Gasteiger partial charge >= 0.3 is 12.1 Å². The first-order valence-electron chi connectivity index (χ1n) is 4.16. The van der Waals surface area contributed by atoms with Crippen molar-refractivity contribution in [3.05, 3.63) is 29.1 Å². The van der Waals surface area contributed by atoms with Gasteiger partial charge in [-0.15, -0.1) is 0 Å². The van der Waals surface area contributed by atoms with E-state index in [0.29, 0.717) is 6.42 Å². The number of hydrogen-bond acceptors (Lipinski definition) is 2. The Morgan fingerprint density at radius 3 is 2.47 bits per heavy atom. The number of hydrogen-bond donors (Lipinski definition) is 1. The van der Waals surface area contributed by atoms with Gasteiger partial charge in [0, 0.05) is 5.69 Å². The Kier molecular flexibility index (Phi) is 2.97. The average molecular weight is 219 g/mol. The summed E-state index contributed by atoms with van der Waals surface area (Å²) in [5, 5.41) is 8.55. The van der Waals surface area contributed by atoms with Crippen LogP contribution in [0.25, 0.3) is 0 Å². The van der Waals surface area contributed by atoms with Crippen molar-refractivity contribution in [1.29, 1.82) is 0 Å². The minimum absolute atomic E-state index is 0.215. The summed E-state index contributed by atoms with van der Waals surface area (Å²) in [5.41, 5.74) is -1.94. The van der Waals surface area contributed by atoms with Crippen molar-refractivity contribution < 1.29 is 23.1 Å². The Balaban J connectivity index is 3.36. The van der Waals surface area contributed by atoms with E-state index in [1.165, 1.54) is 6.07 Å². The van der Waals surface area contributed by atoms with E-state index >= 15 is 0 Å². The monoisotopic (exact) mass is 219 g/mol. The highest BCUT2D eigenvalue weighted by atomic mass is 19.4. The molecule has 1 rings (SSSR count). The minimum atomic E-state index is -4.74. The van der Waals surface area contributed by atoms with E-state index in [9.17, 15) is 18.0 Å². The molecule has 0 saturated heterocycles. The number of alkyl halides is 3. The molecule has 0 aromatic carbocycles. The third-order valence-corrected chi connectivity index (χ3v) is 1.81. The molecule has 0 atom stereocenters. The van der Waals surface area contributed by atoms with Crippen LogP contribution in [-0.2, 0) is 12.6 Å². The van der Waals surface area contributed by atoms with E-state index in [1.54, 1.807) is 6.92 Å². The molecule has 0 aliphatic carbocycles. The summed E-state index contributed by atoms with van der Waals surface area (Å²) in [4.78, 5) is 13.8. The van der Waals surface area contributed by atoms with E-state index in [2.05, 4.69) is 4.98 Å². The standard InChI is InChI=1S/C9H8F3NO2/c1-2-5-3-4-6(8(14)15)7(13-5)9(10,11)12/h3-4H,2H2,1H3,(H,14,15). The predicted molar refractivity (Wildman–Crippen MR) is 45.6 cm³/mol. The second-order valence-electron chi connectivity index (χ2n) is 2.86. The van der Waals surface area contributed by atoms with Crippen molar-refractivity contribution in [3.8, 4) is 0 Å². The molecular weight excluding hydrogens is 211 g/mol. The highest BCUT2D eigenvalue weighted by Gasteiger charge is 2.37. The fraction of sp³-hybridized carbons (Fsp3) is 0.333. The van der Waals surface area contributed by atoms with Crippen molar-refractivity contribution in [2.45, 2.75) is 19.5 Å². The van der Waals surface area contributed by atoms with Crippen LogP contribution < -0.4 is 0 Å². The van der Waals surface area contributed by atoms with Crippen molar-refractivity contribution in [2.24, 2.45) is 0 Å². The van der Waals surface area contributed by atoms with Gasteiger partial charge in [-0.25, -0.2) is 9.78 Å². The summed E-state index contributed by atoms with van der Waals surface area (Å²) in [7, 11) is 0. The third kappa shape index (κ3) is 2.45. The molecule has 1 aromatic heterocycles. The molecule has 1 heterocycles. The van der Waals surface area contributed by atoms with E-state index in [1.807, 2.05) is 0 Å². The lowest BCUT2D eigenvalue weighted by atomic mass is 10.1. The fourth-order valence-electron chi connectivity index (χ4n) is 1.09. The smallest absolute Gasteiger partial charge is 0.434 e. The van der Waals surface area contributed by atoms with E-state index < -0.39 is 23.4 Å². The predicted octanol–water partition coefficient (Wildman–Crippen LogP) is 2.36. The van der Waals surface area contributed by atoms with Crippen LogP contribution >= 0.6 is 0 Å². The fourth-order valence-corrected chi connectivity index (χ4v) is 1.09. The molecule has 3 nitrogen and oxygen atoms in total. The van der Waals surface area contributed by atoms with Crippen LogP contribution in [0.3, 0.4) is 0 Å². The van der Waals surface area contributed by atoms with Crippen LogP contribution in [0.2, 0.25) is 0 Å². The number of aryl methyl sites for hydroxylation is 1. The molecule has 0 bridgehead atoms. The number of aromatic nitrogens is 1. The van der Waals surface area contributed by atoms with Crippen LogP contribution in [0, 0.1) is 0 Å². The number of aromatic carboxylic acids is 1. The molecule has 6 heteroatoms. The summed E-state index contributed by atoms with van der Waals surface area (Å²) < 4.78 is 37.2. The topological polar surface area (TPSA) is 50.2 Å². The molecule has 0 unspecified atom stereocenters. The van der Waals surface area contributed by atoms with Gasteiger partial charge in [-0.05, 0) is 18.6 Å². The molecule has 15 heavy (non-hydrogen) atoms. The first kappa shape index (κ1) is 11.5. The van der Waals surface area contributed by atoms with Crippen molar-refractivity contribution in [2.75, 3.05) is 0 Å². The summed E-state index contributed by atoms with van der Waals surface area (Å²) in [5.74, 6) is -1.63. The molecule has 0 fully saturated rings. The number of carboxylic acids is 1. The number of carbonyl (C=O) groups is 1. The van der Waals surface area contributed by atoms with Crippen LogP contribution in [0.4, 0.5) is 13.2 Å². The molecule has 1 N–H and O–H groups in total. The maximum Gasteiger partial charge on any atom is 0.434 e. The van der Waals surface area contributed by atoms with Gasteiger partial charge in [-0.3, -0.25) is 0 Å². The lowest BCUT2D eigenvalue weighted by molar-refractivity contribution is -0.141. The van der Waals surface area contributed by atoms with Gasteiger partial charge in [0.25, 0.3) is 0 Å². The first-order valence-corrected chi connectivity index (χ1v) is 4.16. The Labute approximate surface area is 83.6 Å². The maximum absolute atomic E-state index is 12.4. The molecule has 0 aliphatic heterocycles. The Bertz CT molecular complexity index is 387. The van der Waals surface area contributed by atoms with Gasteiger partial charge in [-0.2, -0.15) is 13.2 Å². The SMILES string of the molecule is CCc1ccc(C(=O)O)c(C(F)(F)F)n1. The van der Waals surface area contributed by atoms with Gasteiger partial charge in [0.2, 0.25) is 0 Å². The van der Waals surface area contributed by atoms with Crippen LogP contribution in [0.1, 0.15) is 28.7 Å². The van der Waals surface area contributed by atoms with Gasteiger partial charge in [0.1, 0.15) is 0 Å². The lowest BCUT2D eigenvalue weighted by Gasteiger charge is -2.10. The van der Waals surface area contributed by atoms with Crippen LogP contribution in [-0.4, -0.2) is 16.1 Å². The van der Waals surface area contributed by atoms with Crippen molar-refractivity contribution >= 4 is 5.97 Å². The summed E-state index contributed by atoms with van der Waals surface area (Å²) in [6.07, 6.45) is -4.41. The van der Waals surface area contributed by atoms with Gasteiger partial charge in [0.05, 0.1) is 5.56 Å². The third-order valence-electron chi connectivity index (χ3n) is 1.81. The summed E-state index contributed by atoms with van der Waals surface area (Å²) in [6, 6.07) is 2.20. The maximum atomic E-state index is 12.4. The van der Waals surface area contributed by atoms with E-state index in [0.717, 1.165) is 6.07 Å². The number of halogens is 3. The molecular formula is C9H8F3NO2. The number of carboxylic acid groups (broad SMARTS) is 1. The first-order chi connectivity index (χ1) is 6.86. The largest absolute Gasteiger partial charge is 0.478 e. The Morgan fingerprint density at radius 2 is 2.07 bits per heavy atom. The second-order valence-corrected chi connectivity index (χ2v) is 2.86. The molecule has 82 valence electrons. The van der Waals surface area contributed by atoms with Gasteiger partial charge in [-0.1, -0.05) is 6.92 Å². The van der Waals surface area contributed by atoms with Crippen LogP contribution in [0.15, 0.2) is 12.1 Å². The van der Waals surface area contributed by atoms with E-state index in [4.69, 9.17) is 5.11 Å². The van der Waals surface area contributed by atoms with Crippen molar-refractivity contribution in [3.63, 3.8) is 0 Å². The Hall–Kier alpha value is -1.59. The van der Waals surface area contributed by atoms with E-state index in [-0.39, 0.29) is 5.69 Å². The zero-order chi connectivity index (χ0) is 11.6. The molecule has 0 amide bonds. The van der Waals surface area contributed by atoms with Gasteiger partial charge in [0.15, 0.2) is 5.69 Å². The molecule has 0 saturated carbocycles. The average Bonchev–Trinajstić information content (AvgIpc) is 2.15. The van der Waals surface area contributed by atoms with Crippen molar-refractivity contribution in [1.82, 2.24) is 4.98 Å². The Morgan fingerprint density at radius 1 is 1.47 bits per heavy atom. The second kappa shape index (κ2) is 3.88. The molecule has 0 spiro atoms. The minimum Gasteiger partial charge on any atom is -0.478 e. The number of nitrogens with zero attached hydrogens (tertiary/aromatic N) is 1.